The molecule has 0 saturated carbocycles. The van der Waals surface area contributed by atoms with Crippen LogP contribution in [0.5, 0.6) is 17.2 Å². The smallest absolute Gasteiger partial charge is 0.310 e. The third-order valence-corrected chi connectivity index (χ3v) is 5.63. The van der Waals surface area contributed by atoms with Gasteiger partial charge < -0.3 is 23.8 Å². The predicted octanol–water partition coefficient (Wildman–Crippen LogP) is 2.87. The lowest BCUT2D eigenvalue weighted by molar-refractivity contribution is -0.149. The Kier molecular flexibility index (Phi) is 5.84. The van der Waals surface area contributed by atoms with Crippen molar-refractivity contribution in [1.82, 2.24) is 9.88 Å². The van der Waals surface area contributed by atoms with E-state index in [-0.39, 0.29) is 31.2 Å². The summed E-state index contributed by atoms with van der Waals surface area (Å²) in [6.45, 7) is 3.59. The first kappa shape index (κ1) is 19.5. The Labute approximate surface area is 172 Å². The number of thiazole rings is 1. The first-order valence-corrected chi connectivity index (χ1v) is 10.4. The van der Waals surface area contributed by atoms with E-state index in [4.69, 9.17) is 18.9 Å². The lowest BCUT2D eigenvalue weighted by atomic mass is 9.98. The maximum atomic E-state index is 12.8. The van der Waals surface area contributed by atoms with Gasteiger partial charge in [0.25, 0.3) is 5.91 Å². The van der Waals surface area contributed by atoms with Gasteiger partial charge in [-0.05, 0) is 31.9 Å². The van der Waals surface area contributed by atoms with Crippen molar-refractivity contribution >= 4 is 23.2 Å². The van der Waals surface area contributed by atoms with Gasteiger partial charge in [-0.15, -0.1) is 11.3 Å². The van der Waals surface area contributed by atoms with Gasteiger partial charge in [0.15, 0.2) is 11.5 Å². The minimum atomic E-state index is -0.264. The molecule has 8 nitrogen and oxygen atoms in total. The van der Waals surface area contributed by atoms with Gasteiger partial charge in [-0.2, -0.15) is 0 Å². The molecule has 0 spiro atoms. The fourth-order valence-electron chi connectivity index (χ4n) is 3.36. The predicted molar refractivity (Wildman–Crippen MR) is 104 cm³/mol. The zero-order valence-electron chi connectivity index (χ0n) is 16.1. The molecule has 154 valence electrons. The van der Waals surface area contributed by atoms with Crippen LogP contribution in [0.3, 0.4) is 0 Å². The van der Waals surface area contributed by atoms with E-state index >= 15 is 0 Å². The van der Waals surface area contributed by atoms with Gasteiger partial charge >= 0.3 is 5.97 Å². The van der Waals surface area contributed by atoms with Crippen molar-refractivity contribution in [1.29, 1.82) is 0 Å². The Morgan fingerprint density at radius 2 is 2.17 bits per heavy atom. The molecule has 2 aliphatic heterocycles. The zero-order valence-corrected chi connectivity index (χ0v) is 16.9. The molecule has 1 fully saturated rings. The molecule has 2 aromatic rings. The number of hydrogen-bond donors (Lipinski definition) is 0. The summed E-state index contributed by atoms with van der Waals surface area (Å²) in [6.07, 6.45) is 1.52. The quantitative estimate of drug-likeness (QED) is 0.667. The van der Waals surface area contributed by atoms with Crippen molar-refractivity contribution in [2.75, 3.05) is 26.5 Å². The van der Waals surface area contributed by atoms with Crippen LogP contribution in [0.4, 0.5) is 0 Å². The summed E-state index contributed by atoms with van der Waals surface area (Å²) in [4.78, 5) is 30.9. The molecule has 2 aliphatic rings. The van der Waals surface area contributed by atoms with Crippen LogP contribution >= 0.6 is 11.3 Å². The molecule has 9 heteroatoms. The van der Waals surface area contributed by atoms with Gasteiger partial charge in [0.2, 0.25) is 6.79 Å². The number of fused-ring (bicyclic) bond motifs is 1. The summed E-state index contributed by atoms with van der Waals surface area (Å²) < 4.78 is 21.5. The van der Waals surface area contributed by atoms with Crippen LogP contribution in [0.1, 0.15) is 35.3 Å². The number of carbonyl (C=O) groups is 2. The normalized spacial score (nSPS) is 17.8. The molecule has 0 N–H and O–H groups in total. The Hall–Kier alpha value is -2.81. The van der Waals surface area contributed by atoms with Crippen molar-refractivity contribution in [2.45, 2.75) is 26.4 Å². The fraction of sp³-hybridized carbons (Fsp3) is 0.450. The van der Waals surface area contributed by atoms with Crippen LogP contribution in [0.25, 0.3) is 0 Å². The van der Waals surface area contributed by atoms with Gasteiger partial charge in [0.05, 0.1) is 12.5 Å². The number of nitrogens with zero attached hydrogens (tertiary/aromatic N) is 2. The number of likely N-dealkylation sites (tertiary alicyclic amines) is 1. The van der Waals surface area contributed by atoms with Gasteiger partial charge in [0, 0.05) is 24.5 Å². The average Bonchev–Trinajstić information content (AvgIpc) is 3.41. The van der Waals surface area contributed by atoms with Crippen molar-refractivity contribution in [3.05, 3.63) is 34.3 Å². The molecule has 0 unspecified atom stereocenters. The van der Waals surface area contributed by atoms with E-state index in [0.29, 0.717) is 47.6 Å². The molecule has 0 radical (unpaired) electrons. The number of rotatable bonds is 6. The number of ether oxygens (including phenoxy) is 4. The molecule has 29 heavy (non-hydrogen) atoms. The fourth-order valence-corrected chi connectivity index (χ4v) is 4.04. The highest BCUT2D eigenvalue weighted by Gasteiger charge is 2.30. The largest absolute Gasteiger partial charge is 0.486 e. The van der Waals surface area contributed by atoms with Crippen LogP contribution in [-0.4, -0.2) is 48.2 Å². The minimum Gasteiger partial charge on any atom is -0.486 e. The van der Waals surface area contributed by atoms with Crippen molar-refractivity contribution in [3.8, 4) is 17.2 Å². The highest BCUT2D eigenvalue weighted by molar-refractivity contribution is 7.09. The standard InChI is InChI=1S/C20H22N2O6S/c1-2-25-20(24)13-4-3-7-22(9-13)19(23)15-11-29-18(21-15)10-26-14-5-6-16-17(8-14)28-12-27-16/h5-6,8,11,13H,2-4,7,9-10,12H2,1H3/t13-/m1/s1. The number of amides is 1. The van der Waals surface area contributed by atoms with Crippen molar-refractivity contribution in [3.63, 3.8) is 0 Å². The molecule has 1 amide bonds. The van der Waals surface area contributed by atoms with E-state index in [2.05, 4.69) is 4.98 Å². The second-order valence-electron chi connectivity index (χ2n) is 6.77. The molecule has 1 saturated heterocycles. The van der Waals surface area contributed by atoms with Gasteiger partial charge in [-0.25, -0.2) is 4.98 Å². The van der Waals surface area contributed by atoms with Crippen LogP contribution < -0.4 is 14.2 Å². The van der Waals surface area contributed by atoms with Gasteiger partial charge in [0.1, 0.15) is 23.1 Å². The number of aromatic nitrogens is 1. The number of benzene rings is 1. The number of esters is 1. The molecule has 3 heterocycles. The maximum absolute atomic E-state index is 12.8. The molecule has 1 atom stereocenters. The first-order chi connectivity index (χ1) is 14.1. The topological polar surface area (TPSA) is 87.2 Å². The summed E-state index contributed by atoms with van der Waals surface area (Å²) in [7, 11) is 0. The lowest BCUT2D eigenvalue weighted by Crippen LogP contribution is -2.43. The summed E-state index contributed by atoms with van der Waals surface area (Å²) in [5.41, 5.74) is 0.379. The van der Waals surface area contributed by atoms with E-state index < -0.39 is 0 Å². The zero-order chi connectivity index (χ0) is 20.2. The molecule has 4 rings (SSSR count). The monoisotopic (exact) mass is 418 g/mol. The van der Waals surface area contributed by atoms with Gasteiger partial charge in [-0.1, -0.05) is 0 Å². The first-order valence-electron chi connectivity index (χ1n) is 9.57. The van der Waals surface area contributed by atoms with Crippen molar-refractivity contribution < 1.29 is 28.5 Å². The third-order valence-electron chi connectivity index (χ3n) is 4.81. The lowest BCUT2D eigenvalue weighted by Gasteiger charge is -2.31. The van der Waals surface area contributed by atoms with Crippen LogP contribution in [-0.2, 0) is 16.1 Å². The second kappa shape index (κ2) is 8.69. The summed E-state index contributed by atoms with van der Waals surface area (Å²) in [5, 5.41) is 2.43. The molecule has 0 aliphatic carbocycles. The molecule has 0 bridgehead atoms. The van der Waals surface area contributed by atoms with Crippen LogP contribution in [0, 0.1) is 5.92 Å². The highest BCUT2D eigenvalue weighted by atomic mass is 32.1. The third kappa shape index (κ3) is 4.45. The number of carbonyl (C=O) groups excluding carboxylic acids is 2. The number of piperidine rings is 1. The Morgan fingerprint density at radius 1 is 1.31 bits per heavy atom. The highest BCUT2D eigenvalue weighted by Crippen LogP contribution is 2.35. The summed E-state index contributed by atoms with van der Waals surface area (Å²) in [6, 6.07) is 5.37. The van der Waals surface area contributed by atoms with E-state index in [9.17, 15) is 9.59 Å². The van der Waals surface area contributed by atoms with E-state index in [0.717, 1.165) is 12.8 Å². The van der Waals surface area contributed by atoms with E-state index in [1.54, 1.807) is 35.4 Å². The Balaban J connectivity index is 1.34. The molecule has 1 aromatic heterocycles. The summed E-state index contributed by atoms with van der Waals surface area (Å²) >= 11 is 1.37. The van der Waals surface area contributed by atoms with Gasteiger partial charge in [-0.3, -0.25) is 9.59 Å². The maximum Gasteiger partial charge on any atom is 0.310 e. The number of hydrogen-bond acceptors (Lipinski definition) is 8. The Morgan fingerprint density at radius 3 is 3.03 bits per heavy atom. The minimum absolute atomic E-state index is 0.162. The van der Waals surface area contributed by atoms with E-state index in [1.807, 2.05) is 0 Å². The molecule has 1 aromatic carbocycles. The summed E-state index contributed by atoms with van der Waals surface area (Å²) in [5.74, 6) is 1.33. The van der Waals surface area contributed by atoms with Crippen LogP contribution in [0.15, 0.2) is 23.6 Å². The average molecular weight is 418 g/mol. The molecular formula is C20H22N2O6S. The van der Waals surface area contributed by atoms with Crippen molar-refractivity contribution in [2.24, 2.45) is 5.92 Å². The van der Waals surface area contributed by atoms with Crippen LogP contribution in [0.2, 0.25) is 0 Å². The second-order valence-corrected chi connectivity index (χ2v) is 7.72. The van der Waals surface area contributed by atoms with E-state index in [1.165, 1.54) is 11.3 Å². The Bertz CT molecular complexity index is 899. The molecular weight excluding hydrogens is 396 g/mol. The SMILES string of the molecule is CCOC(=O)[C@@H]1CCCN(C(=O)c2csc(COc3ccc4c(c3)OCO4)n2)C1.